The molecule has 0 aromatic heterocycles. The van der Waals surface area contributed by atoms with Crippen molar-refractivity contribution in [1.82, 2.24) is 0 Å². The van der Waals surface area contributed by atoms with E-state index in [0.717, 1.165) is 25.7 Å². The first-order chi connectivity index (χ1) is 5.56. The van der Waals surface area contributed by atoms with Gasteiger partial charge in [0.05, 0.1) is 6.61 Å². The van der Waals surface area contributed by atoms with Gasteiger partial charge in [-0.25, -0.2) is 0 Å². The van der Waals surface area contributed by atoms with E-state index in [1.54, 1.807) is 0 Å². The smallest absolute Gasteiger partial charge is 0.306 e. The van der Waals surface area contributed by atoms with Gasteiger partial charge in [-0.2, -0.15) is 0 Å². The quantitative estimate of drug-likeness (QED) is 0.382. The molecule has 0 radical (unpaired) electrons. The second-order valence-electron chi connectivity index (χ2n) is 2.35. The fraction of sp³-hybridized carbons (Fsp3) is 1.00. The van der Waals surface area contributed by atoms with Crippen LogP contribution in [0.25, 0.3) is 0 Å². The van der Waals surface area contributed by atoms with Gasteiger partial charge in [0.15, 0.2) is 0 Å². The van der Waals surface area contributed by atoms with Crippen LogP contribution in [-0.2, 0) is 9.09 Å². The summed E-state index contributed by atoms with van der Waals surface area (Å²) < 4.78 is 15.3. The van der Waals surface area contributed by atoms with Crippen molar-refractivity contribution >= 4 is 40.2 Å². The fourth-order valence-corrected chi connectivity index (χ4v) is 1.67. The molecule has 12 heavy (non-hydrogen) atoms. The van der Waals surface area contributed by atoms with E-state index in [9.17, 15) is 4.57 Å². The Morgan fingerprint density at radius 2 is 1.67 bits per heavy atom. The van der Waals surface area contributed by atoms with Crippen LogP contribution in [0.15, 0.2) is 0 Å². The van der Waals surface area contributed by atoms with Crippen molar-refractivity contribution in [2.75, 3.05) is 12.5 Å². The largest absolute Gasteiger partial charge is 0.380 e. The van der Waals surface area contributed by atoms with E-state index in [-0.39, 0.29) is 0 Å². The van der Waals surface area contributed by atoms with E-state index in [4.69, 9.17) is 34.1 Å². The highest BCUT2D eigenvalue weighted by Gasteiger charge is 2.12. The summed E-state index contributed by atoms with van der Waals surface area (Å²) in [7, 11) is 0. The Balaban J connectivity index is 3.06. The van der Waals surface area contributed by atoms with Crippen molar-refractivity contribution in [3.05, 3.63) is 0 Å². The average Bonchev–Trinajstić information content (AvgIpc) is 1.94. The van der Waals surface area contributed by atoms with E-state index in [2.05, 4.69) is 4.52 Å². The van der Waals surface area contributed by atoms with Crippen LogP contribution in [0, 0.1) is 0 Å². The lowest BCUT2D eigenvalue weighted by Crippen LogP contribution is -1.87. The van der Waals surface area contributed by atoms with E-state index in [1.165, 1.54) is 0 Å². The second-order valence-corrected chi connectivity index (χ2v) is 7.01. The third kappa shape index (κ3) is 11.1. The molecule has 0 aliphatic carbocycles. The normalized spacial score (nSPS) is 11.9. The van der Waals surface area contributed by atoms with Crippen molar-refractivity contribution in [1.29, 1.82) is 0 Å². The molecule has 0 rings (SSSR count). The van der Waals surface area contributed by atoms with Crippen LogP contribution < -0.4 is 0 Å². The average molecular weight is 253 g/mol. The minimum Gasteiger partial charge on any atom is -0.306 e. The minimum atomic E-state index is -3.30. The summed E-state index contributed by atoms with van der Waals surface area (Å²) in [6.07, 6.45) is 0.576. The summed E-state index contributed by atoms with van der Waals surface area (Å²) in [4.78, 5) is 0. The van der Waals surface area contributed by atoms with Crippen LogP contribution in [0.4, 0.5) is 0 Å². The molecule has 0 aliphatic rings. The molecule has 0 saturated heterocycles. The molecular weight excluding hydrogens is 241 g/mol. The fourth-order valence-electron chi connectivity index (χ4n) is 0.721. The molecule has 0 aromatic carbocycles. The van der Waals surface area contributed by atoms with Gasteiger partial charge in [-0.05, 0) is 35.3 Å². The Morgan fingerprint density at radius 3 is 2.17 bits per heavy atom. The van der Waals surface area contributed by atoms with Gasteiger partial charge in [0.25, 0.3) is 0 Å². The molecule has 0 aliphatic heterocycles. The predicted octanol–water partition coefficient (Wildman–Crippen LogP) is 4.39. The topological polar surface area (TPSA) is 26.3 Å². The Bertz CT molecular complexity index is 148. The van der Waals surface area contributed by atoms with Crippen molar-refractivity contribution < 1.29 is 9.09 Å². The van der Waals surface area contributed by atoms with Crippen LogP contribution in [0.1, 0.15) is 25.7 Å². The number of hydrogen-bond acceptors (Lipinski definition) is 2. The van der Waals surface area contributed by atoms with Gasteiger partial charge in [0.2, 0.25) is 0 Å². The van der Waals surface area contributed by atoms with Crippen molar-refractivity contribution in [2.24, 2.45) is 0 Å². The maximum atomic E-state index is 10.6. The van der Waals surface area contributed by atoms with Gasteiger partial charge < -0.3 is 4.52 Å². The molecule has 0 saturated carbocycles. The molecular formula is C6H12Cl3O2P. The summed E-state index contributed by atoms with van der Waals surface area (Å²) >= 11 is 15.8. The number of alkyl halides is 1. The van der Waals surface area contributed by atoms with Crippen molar-refractivity contribution in [2.45, 2.75) is 25.7 Å². The predicted molar refractivity (Wildman–Crippen MR) is 54.5 cm³/mol. The zero-order chi connectivity index (χ0) is 9.45. The lowest BCUT2D eigenvalue weighted by atomic mass is 10.2. The molecule has 0 atom stereocenters. The summed E-state index contributed by atoms with van der Waals surface area (Å²) in [5, 5.41) is 0. The second kappa shape index (κ2) is 7.46. The third-order valence-electron chi connectivity index (χ3n) is 1.27. The van der Waals surface area contributed by atoms with Crippen LogP contribution in [0.5, 0.6) is 0 Å². The van der Waals surface area contributed by atoms with Crippen LogP contribution in [0.2, 0.25) is 0 Å². The lowest BCUT2D eigenvalue weighted by molar-refractivity contribution is 0.321. The molecule has 0 N–H and O–H groups in total. The van der Waals surface area contributed by atoms with Crippen LogP contribution in [0.3, 0.4) is 0 Å². The Kier molecular flexibility index (Phi) is 8.12. The molecule has 0 fully saturated rings. The highest BCUT2D eigenvalue weighted by molar-refractivity contribution is 8.05. The molecule has 0 unspecified atom stereocenters. The highest BCUT2D eigenvalue weighted by Crippen LogP contribution is 2.57. The SMILES string of the molecule is O=P(Cl)(Cl)OCCCCCCCl. The van der Waals surface area contributed by atoms with E-state index >= 15 is 0 Å². The van der Waals surface area contributed by atoms with Crippen molar-refractivity contribution in [3.63, 3.8) is 0 Å². The minimum absolute atomic E-state index is 0.354. The van der Waals surface area contributed by atoms with Crippen LogP contribution >= 0.6 is 40.2 Å². The van der Waals surface area contributed by atoms with Crippen molar-refractivity contribution in [3.8, 4) is 0 Å². The van der Waals surface area contributed by atoms with Gasteiger partial charge in [0.1, 0.15) is 0 Å². The molecule has 2 nitrogen and oxygen atoms in total. The molecule has 74 valence electrons. The monoisotopic (exact) mass is 252 g/mol. The number of hydrogen-bond donors (Lipinski definition) is 0. The third-order valence-corrected chi connectivity index (χ3v) is 2.61. The van der Waals surface area contributed by atoms with Gasteiger partial charge in [-0.3, -0.25) is 4.57 Å². The first-order valence-electron chi connectivity index (χ1n) is 3.76. The zero-order valence-electron chi connectivity index (χ0n) is 6.64. The number of unbranched alkanes of at least 4 members (excludes halogenated alkanes) is 3. The van der Waals surface area contributed by atoms with Gasteiger partial charge >= 0.3 is 6.07 Å². The number of rotatable bonds is 7. The summed E-state index contributed by atoms with van der Waals surface area (Å²) in [5.41, 5.74) is 0. The maximum absolute atomic E-state index is 10.6. The zero-order valence-corrected chi connectivity index (χ0v) is 9.80. The lowest BCUT2D eigenvalue weighted by Gasteiger charge is -2.02. The molecule has 0 amide bonds. The Morgan fingerprint density at radius 1 is 1.08 bits per heavy atom. The molecule has 6 heteroatoms. The summed E-state index contributed by atoms with van der Waals surface area (Å²) in [6.45, 7) is 0.354. The van der Waals surface area contributed by atoms with Crippen LogP contribution in [-0.4, -0.2) is 12.5 Å². The molecule has 0 aromatic rings. The van der Waals surface area contributed by atoms with E-state index in [1.807, 2.05) is 0 Å². The van der Waals surface area contributed by atoms with Gasteiger partial charge in [-0.15, -0.1) is 11.6 Å². The molecule has 0 spiro atoms. The summed E-state index contributed by atoms with van der Waals surface area (Å²) in [5.74, 6) is 0.685. The van der Waals surface area contributed by atoms with Gasteiger partial charge in [-0.1, -0.05) is 12.8 Å². The standard InChI is InChI=1S/C6H12Cl3O2P/c7-5-3-1-2-4-6-11-12(8,9)10/h1-6H2. The van der Waals surface area contributed by atoms with E-state index in [0.29, 0.717) is 12.5 Å². The van der Waals surface area contributed by atoms with Gasteiger partial charge in [0, 0.05) is 5.88 Å². The first kappa shape index (κ1) is 13.1. The Labute approximate surface area is 87.5 Å². The summed E-state index contributed by atoms with van der Waals surface area (Å²) in [6, 6.07) is 0. The Hall–Kier alpha value is 1.06. The first-order valence-corrected chi connectivity index (χ1v) is 7.73. The molecule has 0 bridgehead atoms. The van der Waals surface area contributed by atoms with E-state index < -0.39 is 6.07 Å². The molecule has 0 heterocycles. The number of halogens is 3. The maximum Gasteiger partial charge on any atom is 0.380 e. The highest BCUT2D eigenvalue weighted by atomic mass is 35.9.